The van der Waals surface area contributed by atoms with Gasteiger partial charge in [-0.3, -0.25) is 9.59 Å². The summed E-state index contributed by atoms with van der Waals surface area (Å²) >= 11 is 12.2. The second-order valence-electron chi connectivity index (χ2n) is 11.1. The van der Waals surface area contributed by atoms with Gasteiger partial charge in [-0.25, -0.2) is 21.2 Å². The minimum Gasteiger partial charge on any atom is -0.358 e. The molecule has 0 aliphatic carbocycles. The zero-order chi connectivity index (χ0) is 34.7. The van der Waals surface area contributed by atoms with Gasteiger partial charge in [0.15, 0.2) is 0 Å². The Labute approximate surface area is 286 Å². The summed E-state index contributed by atoms with van der Waals surface area (Å²) in [6.45, 7) is 5.59. The van der Waals surface area contributed by atoms with Crippen molar-refractivity contribution in [2.75, 3.05) is 72.7 Å². The summed E-state index contributed by atoms with van der Waals surface area (Å²) in [5.74, 6) is 1.33. The number of carbonyl (C=O) groups excluding carboxylic acids is 2. The molecule has 10 nitrogen and oxygen atoms in total. The molecule has 0 saturated carbocycles. The molecule has 1 aromatic carbocycles. The van der Waals surface area contributed by atoms with Gasteiger partial charge in [-0.05, 0) is 62.8 Å². The maximum absolute atomic E-state index is 13.7. The number of nitrogens with one attached hydrogen (secondary N) is 3. The lowest BCUT2D eigenvalue weighted by atomic mass is 10.0. The summed E-state index contributed by atoms with van der Waals surface area (Å²) in [5, 5.41) is 5.82. The smallest absolute Gasteiger partial charge is 0.256 e. The lowest BCUT2D eigenvalue weighted by molar-refractivity contribution is -0.110. The number of benzene rings is 1. The molecule has 1 fully saturated rings. The third-order valence-electron chi connectivity index (χ3n) is 7.19. The van der Waals surface area contributed by atoms with Crippen molar-refractivity contribution in [3.05, 3.63) is 52.1 Å². The minimum atomic E-state index is -2.99. The predicted molar refractivity (Wildman–Crippen MR) is 189 cm³/mol. The van der Waals surface area contributed by atoms with Gasteiger partial charge in [0.1, 0.15) is 25.5 Å². The second-order valence-corrected chi connectivity index (χ2v) is 17.3. The van der Waals surface area contributed by atoms with Crippen LogP contribution in [0, 0.1) is 19.7 Å². The van der Waals surface area contributed by atoms with Crippen molar-refractivity contribution in [1.82, 2.24) is 15.2 Å². The first-order valence-corrected chi connectivity index (χ1v) is 21.1. The Morgan fingerprint density at radius 2 is 1.72 bits per heavy atom. The number of sulfone groups is 2. The summed E-state index contributed by atoms with van der Waals surface area (Å²) in [7, 11) is -5.80. The molecule has 2 aromatic rings. The Morgan fingerprint density at radius 1 is 1.09 bits per heavy atom. The largest absolute Gasteiger partial charge is 0.358 e. The van der Waals surface area contributed by atoms with Gasteiger partial charge >= 0.3 is 0 Å². The normalized spacial score (nSPS) is 16.2. The summed E-state index contributed by atoms with van der Waals surface area (Å²) < 4.78 is 56.8. The number of likely N-dealkylation sites (tertiary alicyclic amines) is 1. The zero-order valence-corrected chi connectivity index (χ0v) is 30.7. The third-order valence-corrected chi connectivity index (χ3v) is 10.5. The van der Waals surface area contributed by atoms with Crippen molar-refractivity contribution in [3.8, 4) is 0 Å². The molecule has 2 aliphatic heterocycles. The molecular formula is C30H43Cl2FN4O6S3. The zero-order valence-electron chi connectivity index (χ0n) is 26.7. The highest BCUT2D eigenvalue weighted by Gasteiger charge is 2.27. The van der Waals surface area contributed by atoms with E-state index in [0.29, 0.717) is 45.9 Å². The van der Waals surface area contributed by atoms with Gasteiger partial charge in [-0.2, -0.15) is 11.8 Å². The van der Waals surface area contributed by atoms with Gasteiger partial charge < -0.3 is 20.5 Å². The lowest BCUT2D eigenvalue weighted by Crippen LogP contribution is -2.45. The van der Waals surface area contributed by atoms with Crippen LogP contribution < -0.4 is 10.6 Å². The van der Waals surface area contributed by atoms with E-state index in [4.69, 9.17) is 23.2 Å². The Kier molecular flexibility index (Phi) is 16.1. The van der Waals surface area contributed by atoms with E-state index < -0.39 is 25.5 Å². The summed E-state index contributed by atoms with van der Waals surface area (Å²) in [5.41, 5.74) is 3.94. The number of alkyl halides is 2. The van der Waals surface area contributed by atoms with Gasteiger partial charge in [0.25, 0.3) is 11.8 Å². The van der Waals surface area contributed by atoms with Crippen LogP contribution in [-0.2, 0) is 24.5 Å². The highest BCUT2D eigenvalue weighted by Crippen LogP contribution is 2.34. The fourth-order valence-corrected chi connectivity index (χ4v) is 7.11. The van der Waals surface area contributed by atoms with Gasteiger partial charge in [0.05, 0.1) is 22.6 Å². The quantitative estimate of drug-likeness (QED) is 0.241. The van der Waals surface area contributed by atoms with Gasteiger partial charge in [0, 0.05) is 78.3 Å². The molecule has 1 saturated heterocycles. The molecule has 0 spiro atoms. The molecular weight excluding hydrogens is 698 g/mol. The number of hydrogen-bond acceptors (Lipinski definition) is 8. The van der Waals surface area contributed by atoms with Crippen molar-refractivity contribution in [2.45, 2.75) is 32.7 Å². The molecule has 3 N–H and O–H groups in total. The second kappa shape index (κ2) is 18.4. The number of amides is 2. The fraction of sp³-hybridized carbons (Fsp3) is 0.533. The number of aryl methyl sites for hydroxylation is 1. The molecule has 0 unspecified atom stereocenters. The van der Waals surface area contributed by atoms with Crippen molar-refractivity contribution in [3.63, 3.8) is 0 Å². The Morgan fingerprint density at radius 3 is 2.22 bits per heavy atom. The summed E-state index contributed by atoms with van der Waals surface area (Å²) in [4.78, 5) is 30.8. The molecule has 0 atom stereocenters. The van der Waals surface area contributed by atoms with Crippen LogP contribution in [-0.4, -0.2) is 112 Å². The molecule has 2 amide bonds. The molecule has 3 heterocycles. The molecule has 2 aliphatic rings. The van der Waals surface area contributed by atoms with Crippen molar-refractivity contribution in [2.24, 2.45) is 0 Å². The number of H-pyrrole nitrogens is 1. The molecule has 258 valence electrons. The highest BCUT2D eigenvalue weighted by atomic mass is 35.5. The van der Waals surface area contributed by atoms with E-state index in [9.17, 15) is 30.8 Å². The molecule has 4 rings (SSSR count). The van der Waals surface area contributed by atoms with E-state index in [2.05, 4.69) is 20.5 Å². The van der Waals surface area contributed by atoms with Gasteiger partial charge in [-0.1, -0.05) is 0 Å². The number of fused-ring (bicyclic) bond motifs is 1. The molecule has 0 bridgehead atoms. The van der Waals surface area contributed by atoms with Gasteiger partial charge in [0.2, 0.25) is 0 Å². The van der Waals surface area contributed by atoms with Crippen molar-refractivity contribution in [1.29, 1.82) is 0 Å². The van der Waals surface area contributed by atoms with Crippen molar-refractivity contribution < 1.29 is 30.8 Å². The van der Waals surface area contributed by atoms with Crippen molar-refractivity contribution >= 4 is 83.8 Å². The number of nitrogens with zero attached hydrogens (tertiary/aromatic N) is 1. The highest BCUT2D eigenvalue weighted by molar-refractivity contribution is 7.98. The van der Waals surface area contributed by atoms with E-state index in [1.807, 2.05) is 13.2 Å². The van der Waals surface area contributed by atoms with Crippen LogP contribution in [0.15, 0.2) is 18.2 Å². The van der Waals surface area contributed by atoms with Crippen LogP contribution in [0.25, 0.3) is 11.6 Å². The van der Waals surface area contributed by atoms with Gasteiger partial charge in [-0.15, -0.1) is 23.2 Å². The minimum absolute atomic E-state index is 0.00736. The molecule has 1 aromatic heterocycles. The van der Waals surface area contributed by atoms with E-state index in [-0.39, 0.29) is 35.2 Å². The summed E-state index contributed by atoms with van der Waals surface area (Å²) in [6, 6.07) is 4.15. The Balaban J connectivity index is 0.000000522. The Bertz CT molecular complexity index is 1600. The number of anilines is 1. The number of rotatable bonds is 10. The Hall–Kier alpha value is -2.10. The van der Waals surface area contributed by atoms with Crippen LogP contribution in [0.2, 0.25) is 0 Å². The average molecular weight is 742 g/mol. The number of aromatic amines is 1. The number of hydrogen-bond donors (Lipinski definition) is 3. The van der Waals surface area contributed by atoms with Crippen LogP contribution in [0.5, 0.6) is 0 Å². The third kappa shape index (κ3) is 13.2. The molecule has 16 heteroatoms. The topological polar surface area (TPSA) is 146 Å². The van der Waals surface area contributed by atoms with Crippen LogP contribution in [0.4, 0.5) is 10.1 Å². The van der Waals surface area contributed by atoms with Crippen LogP contribution >= 0.6 is 35.0 Å². The van der Waals surface area contributed by atoms with E-state index >= 15 is 0 Å². The number of piperidine rings is 1. The van der Waals surface area contributed by atoms with Crippen LogP contribution in [0.3, 0.4) is 0 Å². The number of thioether (sulfide) groups is 1. The van der Waals surface area contributed by atoms with E-state index in [1.54, 1.807) is 24.8 Å². The maximum atomic E-state index is 13.7. The number of carbonyl (C=O) groups is 2. The first-order valence-electron chi connectivity index (χ1n) is 14.5. The SMILES string of the molecule is CS(=O)(=O)CCCl.CSCCCl.Cc1[nH]c(/C=C2\C(=O)Nc3ccc(F)cc32)c(C)c1C(=O)NC1CCN(CCS(C)(=O)=O)CC1. The first-order chi connectivity index (χ1) is 21.5. The average Bonchev–Trinajstić information content (AvgIpc) is 3.42. The van der Waals surface area contributed by atoms with Crippen LogP contribution in [0.1, 0.15) is 45.7 Å². The first kappa shape index (κ1) is 40.1. The van der Waals surface area contributed by atoms with E-state index in [0.717, 1.165) is 43.8 Å². The van der Waals surface area contributed by atoms with E-state index in [1.165, 1.54) is 24.5 Å². The number of halogens is 3. The lowest BCUT2D eigenvalue weighted by Gasteiger charge is -2.32. The fourth-order valence-electron chi connectivity index (χ4n) is 4.78. The predicted octanol–water partition coefficient (Wildman–Crippen LogP) is 4.36. The number of aromatic nitrogens is 1. The maximum Gasteiger partial charge on any atom is 0.256 e. The molecule has 0 radical (unpaired) electrons. The molecule has 46 heavy (non-hydrogen) atoms. The standard InChI is InChI=1S/C24H29FN4O4S.C3H7ClO2S.C3H7ClS/c1-14-21(13-19-18-12-16(25)4-5-20(18)28-23(19)30)26-15(2)22(14)24(31)27-17-6-8-29(9-7-17)10-11-34(3,32)33;1-7(5,6)3-2-4;1-5-3-2-4/h4-5,12-13,17,26H,6-11H2,1-3H3,(H,27,31)(H,28,30);2-3H2,1H3;2-3H2,1H3/b19-13-;;. The summed E-state index contributed by atoms with van der Waals surface area (Å²) in [6.07, 6.45) is 7.59. The monoisotopic (exact) mass is 740 g/mol.